The van der Waals surface area contributed by atoms with E-state index in [0.717, 1.165) is 64.0 Å². The van der Waals surface area contributed by atoms with Gasteiger partial charge in [-0.3, -0.25) is 4.99 Å². The van der Waals surface area contributed by atoms with E-state index in [1.165, 1.54) is 51.7 Å². The Balaban J connectivity index is 0.00000385. The van der Waals surface area contributed by atoms with Crippen LogP contribution in [-0.2, 0) is 4.74 Å². The Morgan fingerprint density at radius 3 is 2.39 bits per heavy atom. The Kier molecular flexibility index (Phi) is 12.0. The summed E-state index contributed by atoms with van der Waals surface area (Å²) in [5.41, 5.74) is -0.434. The van der Waals surface area contributed by atoms with Gasteiger partial charge in [0.2, 0.25) is 0 Å². The first kappa shape index (κ1) is 28.5. The number of amides is 1. The summed E-state index contributed by atoms with van der Waals surface area (Å²) in [6.07, 6.45) is 8.50. The van der Waals surface area contributed by atoms with E-state index in [2.05, 4.69) is 22.0 Å². The molecule has 3 aliphatic rings. The molecule has 33 heavy (non-hydrogen) atoms. The Hall–Kier alpha value is -0.770. The second kappa shape index (κ2) is 14.0. The molecular weight excluding hydrogens is 529 g/mol. The van der Waals surface area contributed by atoms with Crippen molar-refractivity contribution in [3.8, 4) is 0 Å². The van der Waals surface area contributed by atoms with Gasteiger partial charge in [0.25, 0.3) is 0 Å². The lowest BCUT2D eigenvalue weighted by molar-refractivity contribution is 0.0163. The summed E-state index contributed by atoms with van der Waals surface area (Å²) in [5.74, 6) is 2.35. The monoisotopic (exact) mass is 577 g/mol. The summed E-state index contributed by atoms with van der Waals surface area (Å²) < 4.78 is 5.57. The van der Waals surface area contributed by atoms with Crippen molar-refractivity contribution in [3.63, 3.8) is 0 Å². The number of ether oxygens (including phenoxy) is 1. The normalized spacial score (nSPS) is 25.0. The van der Waals surface area contributed by atoms with Crippen LogP contribution in [0.4, 0.5) is 4.79 Å². The van der Waals surface area contributed by atoms with Gasteiger partial charge in [-0.1, -0.05) is 6.42 Å². The van der Waals surface area contributed by atoms with Crippen LogP contribution in [0.2, 0.25) is 0 Å². The molecule has 2 unspecified atom stereocenters. The zero-order valence-electron chi connectivity index (χ0n) is 21.5. The molecule has 0 aromatic carbocycles. The molecule has 192 valence electrons. The summed E-state index contributed by atoms with van der Waals surface area (Å²) in [7, 11) is 0. The van der Waals surface area contributed by atoms with Gasteiger partial charge in [-0.2, -0.15) is 0 Å². The average molecular weight is 578 g/mol. The Bertz CT molecular complexity index is 618. The molecule has 1 amide bonds. The summed E-state index contributed by atoms with van der Waals surface area (Å²) in [6.45, 7) is 17.3. The van der Waals surface area contributed by atoms with E-state index in [1.807, 2.05) is 25.7 Å². The highest BCUT2D eigenvalue weighted by molar-refractivity contribution is 14.0. The van der Waals surface area contributed by atoms with Gasteiger partial charge in [-0.05, 0) is 91.1 Å². The number of rotatable bonds is 6. The summed E-state index contributed by atoms with van der Waals surface area (Å²) >= 11 is 0. The molecule has 2 atom stereocenters. The first-order valence-corrected chi connectivity index (χ1v) is 13.1. The SMILES string of the molecule is CCNC(=NCCC1CCCN(C(=O)OC(C)(C)C)C1)N1CCC(CN2CCCCC2)C1.I. The van der Waals surface area contributed by atoms with E-state index in [4.69, 9.17) is 9.73 Å². The molecule has 0 radical (unpaired) electrons. The highest BCUT2D eigenvalue weighted by atomic mass is 127. The number of piperidine rings is 2. The number of guanidine groups is 1. The van der Waals surface area contributed by atoms with Crippen LogP contribution in [0.5, 0.6) is 0 Å². The number of carbonyl (C=O) groups is 1. The highest BCUT2D eigenvalue weighted by Gasteiger charge is 2.29. The van der Waals surface area contributed by atoms with Crippen molar-refractivity contribution in [3.05, 3.63) is 0 Å². The highest BCUT2D eigenvalue weighted by Crippen LogP contribution is 2.23. The first-order chi connectivity index (χ1) is 15.3. The van der Waals surface area contributed by atoms with E-state index in [1.54, 1.807) is 0 Å². The lowest BCUT2D eigenvalue weighted by atomic mass is 9.95. The van der Waals surface area contributed by atoms with Gasteiger partial charge in [0.15, 0.2) is 5.96 Å². The maximum Gasteiger partial charge on any atom is 0.410 e. The molecule has 0 aliphatic carbocycles. The van der Waals surface area contributed by atoms with Gasteiger partial charge in [0.1, 0.15) is 5.60 Å². The minimum absolute atomic E-state index is 0. The van der Waals surface area contributed by atoms with Crippen LogP contribution in [0.15, 0.2) is 4.99 Å². The minimum atomic E-state index is -0.434. The third-order valence-electron chi connectivity index (χ3n) is 6.85. The van der Waals surface area contributed by atoms with Crippen molar-refractivity contribution in [2.45, 2.75) is 78.2 Å². The maximum absolute atomic E-state index is 12.4. The maximum atomic E-state index is 12.4. The topological polar surface area (TPSA) is 60.4 Å². The number of aliphatic imine (C=N–C) groups is 1. The lowest BCUT2D eigenvalue weighted by Crippen LogP contribution is -2.43. The van der Waals surface area contributed by atoms with Gasteiger partial charge >= 0.3 is 6.09 Å². The molecular formula is C25H48IN5O2. The van der Waals surface area contributed by atoms with Crippen molar-refractivity contribution in [2.24, 2.45) is 16.8 Å². The smallest absolute Gasteiger partial charge is 0.410 e. The summed E-state index contributed by atoms with van der Waals surface area (Å²) in [6, 6.07) is 0. The van der Waals surface area contributed by atoms with E-state index >= 15 is 0 Å². The average Bonchev–Trinajstić information content (AvgIpc) is 3.21. The third kappa shape index (κ3) is 9.78. The molecule has 3 aliphatic heterocycles. The number of halogens is 1. The minimum Gasteiger partial charge on any atom is -0.444 e. The second-order valence-electron chi connectivity index (χ2n) is 10.9. The third-order valence-corrected chi connectivity index (χ3v) is 6.85. The molecule has 3 saturated heterocycles. The molecule has 0 spiro atoms. The van der Waals surface area contributed by atoms with E-state index in [9.17, 15) is 4.79 Å². The molecule has 0 bridgehead atoms. The Morgan fingerprint density at radius 2 is 1.70 bits per heavy atom. The molecule has 7 nitrogen and oxygen atoms in total. The van der Waals surface area contributed by atoms with E-state index in [-0.39, 0.29) is 30.1 Å². The van der Waals surface area contributed by atoms with Crippen LogP contribution in [0.25, 0.3) is 0 Å². The summed E-state index contributed by atoms with van der Waals surface area (Å²) in [4.78, 5) is 24.4. The van der Waals surface area contributed by atoms with Crippen molar-refractivity contribution >= 4 is 36.0 Å². The number of carbonyl (C=O) groups excluding carboxylic acids is 1. The number of hydrogen-bond donors (Lipinski definition) is 1. The van der Waals surface area contributed by atoms with Crippen LogP contribution in [-0.4, -0.2) is 91.3 Å². The van der Waals surface area contributed by atoms with E-state index < -0.39 is 5.60 Å². The standard InChI is InChI=1S/C25H47N5O2.HI/c1-5-26-23(29-17-12-22(20-29)18-28-14-7-6-8-15-28)27-13-11-21-10-9-16-30(19-21)24(31)32-25(2,3)4;/h21-22H,5-20H2,1-4H3,(H,26,27);1H. The molecule has 1 N–H and O–H groups in total. The van der Waals surface area contributed by atoms with Gasteiger partial charge in [0, 0.05) is 45.8 Å². The van der Waals surface area contributed by atoms with Gasteiger partial charge in [-0.15, -0.1) is 24.0 Å². The summed E-state index contributed by atoms with van der Waals surface area (Å²) in [5, 5.41) is 3.52. The van der Waals surface area contributed by atoms with Gasteiger partial charge in [0.05, 0.1) is 0 Å². The second-order valence-corrected chi connectivity index (χ2v) is 10.9. The number of likely N-dealkylation sites (tertiary alicyclic amines) is 3. The van der Waals surface area contributed by atoms with Crippen molar-refractivity contribution in [1.82, 2.24) is 20.0 Å². The van der Waals surface area contributed by atoms with Crippen LogP contribution in [0, 0.1) is 11.8 Å². The largest absolute Gasteiger partial charge is 0.444 e. The molecule has 3 rings (SSSR count). The zero-order valence-corrected chi connectivity index (χ0v) is 23.8. The van der Waals surface area contributed by atoms with Crippen LogP contribution < -0.4 is 5.32 Å². The number of hydrogen-bond acceptors (Lipinski definition) is 4. The van der Waals surface area contributed by atoms with Crippen LogP contribution in [0.1, 0.15) is 72.6 Å². The van der Waals surface area contributed by atoms with Gasteiger partial charge < -0.3 is 24.8 Å². The molecule has 0 aromatic rings. The fourth-order valence-corrected chi connectivity index (χ4v) is 5.25. The Labute approximate surface area is 219 Å². The predicted molar refractivity (Wildman–Crippen MR) is 147 cm³/mol. The number of nitrogens with zero attached hydrogens (tertiary/aromatic N) is 4. The van der Waals surface area contributed by atoms with Gasteiger partial charge in [-0.25, -0.2) is 4.79 Å². The molecule has 3 heterocycles. The predicted octanol–water partition coefficient (Wildman–Crippen LogP) is 4.41. The zero-order chi connectivity index (χ0) is 23.0. The lowest BCUT2D eigenvalue weighted by Gasteiger charge is -2.34. The Morgan fingerprint density at radius 1 is 0.970 bits per heavy atom. The quantitative estimate of drug-likeness (QED) is 0.288. The number of nitrogens with one attached hydrogen (secondary N) is 1. The van der Waals surface area contributed by atoms with Crippen LogP contribution >= 0.6 is 24.0 Å². The fraction of sp³-hybridized carbons (Fsp3) is 0.920. The van der Waals surface area contributed by atoms with Crippen LogP contribution in [0.3, 0.4) is 0 Å². The molecule has 0 aromatic heterocycles. The molecule has 8 heteroatoms. The fourth-order valence-electron chi connectivity index (χ4n) is 5.25. The first-order valence-electron chi connectivity index (χ1n) is 13.1. The van der Waals surface area contributed by atoms with Crippen molar-refractivity contribution in [1.29, 1.82) is 0 Å². The van der Waals surface area contributed by atoms with Crippen molar-refractivity contribution < 1.29 is 9.53 Å². The van der Waals surface area contributed by atoms with E-state index in [0.29, 0.717) is 5.92 Å². The molecule has 0 saturated carbocycles. The molecule has 3 fully saturated rings. The van der Waals surface area contributed by atoms with Crippen molar-refractivity contribution in [2.75, 3.05) is 58.9 Å².